The van der Waals surface area contributed by atoms with Crippen molar-refractivity contribution >= 4 is 21.6 Å². The van der Waals surface area contributed by atoms with Crippen LogP contribution in [0.4, 0.5) is 5.69 Å². The molecular weight excluding hydrogens is 376 g/mol. The molecule has 7 heteroatoms. The highest BCUT2D eigenvalue weighted by Gasteiger charge is 2.21. The van der Waals surface area contributed by atoms with Crippen molar-refractivity contribution in [3.8, 4) is 5.75 Å². The molecule has 0 unspecified atom stereocenters. The molecule has 2 aromatic carbocycles. The van der Waals surface area contributed by atoms with Gasteiger partial charge in [0, 0.05) is 18.8 Å². The zero-order valence-electron chi connectivity index (χ0n) is 17.1. The number of carbonyl (C=O) groups excluding carboxylic acids is 1. The SMILES string of the molecule is CCN(CC)S(=O)(=O)c1ccc(NC(=O)COc2c(C)cc(C)cc2C)cc1. The third kappa shape index (κ3) is 5.11. The molecule has 0 radical (unpaired) electrons. The van der Waals surface area contributed by atoms with Crippen molar-refractivity contribution in [2.75, 3.05) is 25.0 Å². The minimum Gasteiger partial charge on any atom is -0.483 e. The Morgan fingerprint density at radius 2 is 1.54 bits per heavy atom. The zero-order valence-corrected chi connectivity index (χ0v) is 17.9. The summed E-state index contributed by atoms with van der Waals surface area (Å²) >= 11 is 0. The van der Waals surface area contributed by atoms with Crippen LogP contribution in [0.3, 0.4) is 0 Å². The molecule has 0 aromatic heterocycles. The van der Waals surface area contributed by atoms with Crippen molar-refractivity contribution in [1.82, 2.24) is 4.31 Å². The monoisotopic (exact) mass is 404 g/mol. The van der Waals surface area contributed by atoms with E-state index in [2.05, 4.69) is 5.32 Å². The van der Waals surface area contributed by atoms with Crippen LogP contribution < -0.4 is 10.1 Å². The molecule has 0 heterocycles. The molecule has 0 bridgehead atoms. The van der Waals surface area contributed by atoms with Crippen LogP contribution in [0.25, 0.3) is 0 Å². The standard InChI is InChI=1S/C21H28N2O4S/c1-6-23(7-2)28(25,26)19-10-8-18(9-11-19)22-20(24)14-27-21-16(4)12-15(3)13-17(21)5/h8-13H,6-7,14H2,1-5H3,(H,22,24). The fraction of sp³-hybridized carbons (Fsp3) is 0.381. The highest BCUT2D eigenvalue weighted by atomic mass is 32.2. The van der Waals surface area contributed by atoms with Crippen LogP contribution in [0, 0.1) is 20.8 Å². The molecule has 0 saturated carbocycles. The molecule has 0 atom stereocenters. The van der Waals surface area contributed by atoms with Gasteiger partial charge < -0.3 is 10.1 Å². The molecule has 6 nitrogen and oxygen atoms in total. The van der Waals surface area contributed by atoms with Gasteiger partial charge in [-0.1, -0.05) is 31.5 Å². The zero-order chi connectivity index (χ0) is 20.9. The Bertz CT molecular complexity index is 910. The van der Waals surface area contributed by atoms with Crippen LogP contribution in [-0.2, 0) is 14.8 Å². The molecule has 0 spiro atoms. The Morgan fingerprint density at radius 3 is 2.04 bits per heavy atom. The first-order valence-electron chi connectivity index (χ1n) is 9.29. The second kappa shape index (κ2) is 9.21. The summed E-state index contributed by atoms with van der Waals surface area (Å²) in [5.41, 5.74) is 3.63. The van der Waals surface area contributed by atoms with E-state index in [1.165, 1.54) is 16.4 Å². The largest absolute Gasteiger partial charge is 0.483 e. The van der Waals surface area contributed by atoms with Crippen LogP contribution in [0.2, 0.25) is 0 Å². The van der Waals surface area contributed by atoms with Gasteiger partial charge in [0.1, 0.15) is 5.75 Å². The summed E-state index contributed by atoms with van der Waals surface area (Å²) in [5.74, 6) is 0.403. The first-order valence-corrected chi connectivity index (χ1v) is 10.7. The Morgan fingerprint density at radius 1 is 1.00 bits per heavy atom. The van der Waals surface area contributed by atoms with E-state index in [1.54, 1.807) is 26.0 Å². The van der Waals surface area contributed by atoms with E-state index in [0.717, 1.165) is 16.7 Å². The van der Waals surface area contributed by atoms with Gasteiger partial charge >= 0.3 is 0 Å². The van der Waals surface area contributed by atoms with E-state index in [9.17, 15) is 13.2 Å². The average molecular weight is 405 g/mol. The van der Waals surface area contributed by atoms with Crippen LogP contribution in [0.1, 0.15) is 30.5 Å². The summed E-state index contributed by atoms with van der Waals surface area (Å²) in [4.78, 5) is 12.4. The van der Waals surface area contributed by atoms with E-state index in [1.807, 2.05) is 32.9 Å². The minimum atomic E-state index is -3.51. The van der Waals surface area contributed by atoms with Crippen molar-refractivity contribution in [1.29, 1.82) is 0 Å². The lowest BCUT2D eigenvalue weighted by atomic mass is 10.1. The van der Waals surface area contributed by atoms with E-state index in [4.69, 9.17) is 4.74 Å². The quantitative estimate of drug-likeness (QED) is 0.728. The molecule has 2 rings (SSSR count). The van der Waals surface area contributed by atoms with Crippen molar-refractivity contribution in [2.24, 2.45) is 0 Å². The molecule has 152 valence electrons. The number of benzene rings is 2. The van der Waals surface area contributed by atoms with Crippen molar-refractivity contribution in [3.63, 3.8) is 0 Å². The van der Waals surface area contributed by atoms with Gasteiger partial charge in [-0.2, -0.15) is 4.31 Å². The Hall–Kier alpha value is -2.38. The predicted octanol–water partition coefficient (Wildman–Crippen LogP) is 3.66. The number of aryl methyl sites for hydroxylation is 3. The normalized spacial score (nSPS) is 11.5. The first-order chi connectivity index (χ1) is 13.2. The maximum atomic E-state index is 12.5. The number of carbonyl (C=O) groups is 1. The highest BCUT2D eigenvalue weighted by molar-refractivity contribution is 7.89. The minimum absolute atomic E-state index is 0.121. The third-order valence-electron chi connectivity index (χ3n) is 4.43. The summed E-state index contributed by atoms with van der Waals surface area (Å²) in [6, 6.07) is 10.2. The van der Waals surface area contributed by atoms with Crippen LogP contribution in [0.5, 0.6) is 5.75 Å². The number of rotatable bonds is 8. The van der Waals surface area contributed by atoms with Gasteiger partial charge in [0.05, 0.1) is 4.90 Å². The molecule has 0 aliphatic carbocycles. The number of ether oxygens (including phenoxy) is 1. The first kappa shape index (κ1) is 21.9. The summed E-state index contributed by atoms with van der Waals surface area (Å²) in [6.45, 7) is 10.2. The summed E-state index contributed by atoms with van der Waals surface area (Å²) < 4.78 is 32.1. The predicted molar refractivity (Wildman–Crippen MR) is 111 cm³/mol. The molecule has 0 aliphatic heterocycles. The number of hydrogen-bond acceptors (Lipinski definition) is 4. The maximum absolute atomic E-state index is 12.5. The van der Waals surface area contributed by atoms with Gasteiger partial charge in [0.25, 0.3) is 5.91 Å². The number of sulfonamides is 1. The number of amides is 1. The second-order valence-corrected chi connectivity index (χ2v) is 8.62. The van der Waals surface area contributed by atoms with E-state index in [-0.39, 0.29) is 17.4 Å². The lowest BCUT2D eigenvalue weighted by Gasteiger charge is -2.18. The Kier molecular flexibility index (Phi) is 7.21. The molecule has 0 aliphatic rings. The Balaban J connectivity index is 2.02. The fourth-order valence-corrected chi connectivity index (χ4v) is 4.61. The topological polar surface area (TPSA) is 75.7 Å². The summed E-state index contributed by atoms with van der Waals surface area (Å²) in [7, 11) is -3.51. The molecule has 28 heavy (non-hydrogen) atoms. The number of hydrogen-bond donors (Lipinski definition) is 1. The average Bonchev–Trinajstić information content (AvgIpc) is 2.62. The second-order valence-electron chi connectivity index (χ2n) is 6.68. The van der Waals surface area contributed by atoms with Gasteiger partial charge in [-0.3, -0.25) is 4.79 Å². The van der Waals surface area contributed by atoms with Crippen LogP contribution in [-0.4, -0.2) is 38.3 Å². The molecule has 1 N–H and O–H groups in total. The third-order valence-corrected chi connectivity index (χ3v) is 6.50. The van der Waals surface area contributed by atoms with Gasteiger partial charge in [-0.25, -0.2) is 8.42 Å². The lowest BCUT2D eigenvalue weighted by molar-refractivity contribution is -0.118. The number of anilines is 1. The number of nitrogens with one attached hydrogen (secondary N) is 1. The van der Waals surface area contributed by atoms with Gasteiger partial charge in [-0.15, -0.1) is 0 Å². The number of nitrogens with zero attached hydrogens (tertiary/aromatic N) is 1. The maximum Gasteiger partial charge on any atom is 0.262 e. The van der Waals surface area contributed by atoms with E-state index >= 15 is 0 Å². The van der Waals surface area contributed by atoms with Crippen molar-refractivity contribution < 1.29 is 17.9 Å². The van der Waals surface area contributed by atoms with Gasteiger partial charge in [-0.05, 0) is 56.2 Å². The molecular formula is C21H28N2O4S. The molecule has 0 fully saturated rings. The van der Waals surface area contributed by atoms with Crippen LogP contribution >= 0.6 is 0 Å². The lowest BCUT2D eigenvalue weighted by Crippen LogP contribution is -2.30. The van der Waals surface area contributed by atoms with E-state index in [0.29, 0.717) is 24.5 Å². The summed E-state index contributed by atoms with van der Waals surface area (Å²) in [6.07, 6.45) is 0. The van der Waals surface area contributed by atoms with Crippen molar-refractivity contribution in [2.45, 2.75) is 39.5 Å². The van der Waals surface area contributed by atoms with Gasteiger partial charge in [0.2, 0.25) is 10.0 Å². The van der Waals surface area contributed by atoms with E-state index < -0.39 is 10.0 Å². The fourth-order valence-electron chi connectivity index (χ4n) is 3.15. The molecule has 0 saturated heterocycles. The highest BCUT2D eigenvalue weighted by Crippen LogP contribution is 2.24. The van der Waals surface area contributed by atoms with Crippen molar-refractivity contribution in [3.05, 3.63) is 53.1 Å². The smallest absolute Gasteiger partial charge is 0.262 e. The summed E-state index contributed by atoms with van der Waals surface area (Å²) in [5, 5.41) is 2.73. The van der Waals surface area contributed by atoms with Gasteiger partial charge in [0.15, 0.2) is 6.61 Å². The molecule has 2 aromatic rings. The Labute approximate surface area is 167 Å². The van der Waals surface area contributed by atoms with Crippen LogP contribution in [0.15, 0.2) is 41.3 Å². The molecule has 1 amide bonds.